The molecular weight excluding hydrogens is 354 g/mol. The van der Waals surface area contributed by atoms with Gasteiger partial charge in [0.25, 0.3) is 5.91 Å². The van der Waals surface area contributed by atoms with Gasteiger partial charge in [-0.1, -0.05) is 26.7 Å². The van der Waals surface area contributed by atoms with Crippen molar-refractivity contribution in [1.29, 1.82) is 0 Å². The van der Waals surface area contributed by atoms with E-state index in [1.54, 1.807) is 0 Å². The zero-order valence-corrected chi connectivity index (χ0v) is 17.3. The summed E-state index contributed by atoms with van der Waals surface area (Å²) in [6, 6.07) is 6.02. The lowest BCUT2D eigenvalue weighted by Gasteiger charge is -2.54. The third kappa shape index (κ3) is 2.98. The van der Waals surface area contributed by atoms with Crippen LogP contribution in [0.15, 0.2) is 23.0 Å². The van der Waals surface area contributed by atoms with Crippen LogP contribution in [-0.2, 0) is 4.74 Å². The van der Waals surface area contributed by atoms with Crippen molar-refractivity contribution < 1.29 is 9.53 Å². The molecule has 2 atom stereocenters. The first-order valence-electron chi connectivity index (χ1n) is 10.5. The minimum absolute atomic E-state index is 0.00983. The lowest BCUT2D eigenvalue weighted by molar-refractivity contribution is -0.136. The third-order valence-electron chi connectivity index (χ3n) is 6.94. The molecule has 0 radical (unpaired) electrons. The van der Waals surface area contributed by atoms with Gasteiger partial charge in [-0.25, -0.2) is 4.79 Å². The number of benzene rings is 1. The molecule has 1 aromatic carbocycles. The number of ether oxygens (including phenoxy) is 1. The van der Waals surface area contributed by atoms with Crippen LogP contribution in [0.4, 0.5) is 0 Å². The summed E-state index contributed by atoms with van der Waals surface area (Å²) >= 11 is 0. The van der Waals surface area contributed by atoms with Crippen molar-refractivity contribution in [3.05, 3.63) is 34.2 Å². The Morgan fingerprint density at radius 2 is 2.04 bits per heavy atom. The van der Waals surface area contributed by atoms with E-state index < -0.39 is 0 Å². The smallest absolute Gasteiger partial charge is 0.326 e. The molecule has 0 spiro atoms. The Hall–Kier alpha value is -2.08. The fraction of sp³-hybridized carbons (Fsp3) is 0.636. The fourth-order valence-electron chi connectivity index (χ4n) is 5.14. The maximum atomic E-state index is 13.1. The van der Waals surface area contributed by atoms with E-state index in [-0.39, 0.29) is 35.2 Å². The minimum Gasteiger partial charge on any atom is -0.378 e. The van der Waals surface area contributed by atoms with Crippen molar-refractivity contribution in [3.63, 3.8) is 0 Å². The van der Waals surface area contributed by atoms with Crippen molar-refractivity contribution in [2.24, 2.45) is 5.41 Å². The number of carbonyl (C=O) groups excluding carboxylic acids is 1. The Morgan fingerprint density at radius 1 is 1.32 bits per heavy atom. The zero-order chi connectivity index (χ0) is 20.1. The van der Waals surface area contributed by atoms with Gasteiger partial charge in [-0.2, -0.15) is 0 Å². The van der Waals surface area contributed by atoms with Crippen LogP contribution in [0, 0.1) is 5.41 Å². The largest absolute Gasteiger partial charge is 0.378 e. The molecule has 1 aromatic heterocycles. The van der Waals surface area contributed by atoms with E-state index in [2.05, 4.69) is 18.8 Å². The molecule has 6 nitrogen and oxygen atoms in total. The second-order valence-corrected chi connectivity index (χ2v) is 8.90. The number of H-pyrrole nitrogens is 1. The van der Waals surface area contributed by atoms with Crippen LogP contribution < -0.4 is 5.69 Å². The molecule has 0 unspecified atom stereocenters. The maximum absolute atomic E-state index is 13.1. The zero-order valence-electron chi connectivity index (χ0n) is 17.3. The number of rotatable bonds is 5. The van der Waals surface area contributed by atoms with Crippen molar-refractivity contribution in [3.8, 4) is 0 Å². The van der Waals surface area contributed by atoms with Crippen LogP contribution in [0.25, 0.3) is 11.0 Å². The number of fused-ring (bicyclic) bond motifs is 1. The molecule has 28 heavy (non-hydrogen) atoms. The fourth-order valence-corrected chi connectivity index (χ4v) is 5.14. The molecule has 4 rings (SSSR count). The minimum atomic E-state index is -0.0699. The van der Waals surface area contributed by atoms with Gasteiger partial charge in [-0.05, 0) is 44.4 Å². The number of hydrogen-bond acceptors (Lipinski definition) is 3. The van der Waals surface area contributed by atoms with E-state index in [0.29, 0.717) is 12.2 Å². The summed E-state index contributed by atoms with van der Waals surface area (Å²) in [6.07, 6.45) is 5.50. The predicted octanol–water partition coefficient (Wildman–Crippen LogP) is 3.72. The van der Waals surface area contributed by atoms with Gasteiger partial charge in [0.15, 0.2) is 0 Å². The highest BCUT2D eigenvalue weighted by Crippen LogP contribution is 2.45. The highest BCUT2D eigenvalue weighted by atomic mass is 16.5. The molecule has 0 bridgehead atoms. The number of carbonyl (C=O) groups is 1. The van der Waals surface area contributed by atoms with Crippen LogP contribution >= 0.6 is 0 Å². The summed E-state index contributed by atoms with van der Waals surface area (Å²) in [7, 11) is 1.87. The Labute approximate surface area is 165 Å². The molecule has 2 fully saturated rings. The van der Waals surface area contributed by atoms with E-state index in [4.69, 9.17) is 4.74 Å². The number of imidazole rings is 1. The molecule has 2 aromatic rings. The van der Waals surface area contributed by atoms with Gasteiger partial charge in [0.05, 0.1) is 17.1 Å². The third-order valence-corrected chi connectivity index (χ3v) is 6.94. The number of hydrogen-bond donors (Lipinski definition) is 1. The van der Waals surface area contributed by atoms with Gasteiger partial charge < -0.3 is 14.6 Å². The highest BCUT2D eigenvalue weighted by molar-refractivity contribution is 5.97. The quantitative estimate of drug-likeness (QED) is 0.853. The molecule has 0 saturated heterocycles. The summed E-state index contributed by atoms with van der Waals surface area (Å²) in [6.45, 7) is 7.02. The van der Waals surface area contributed by atoms with E-state index in [1.807, 2.05) is 41.6 Å². The van der Waals surface area contributed by atoms with Gasteiger partial charge in [0.1, 0.15) is 0 Å². The van der Waals surface area contributed by atoms with E-state index >= 15 is 0 Å². The molecule has 2 aliphatic rings. The van der Waals surface area contributed by atoms with Gasteiger partial charge >= 0.3 is 5.69 Å². The van der Waals surface area contributed by atoms with Crippen molar-refractivity contribution >= 4 is 16.9 Å². The lowest BCUT2D eigenvalue weighted by atomic mass is 9.63. The summed E-state index contributed by atoms with van der Waals surface area (Å²) in [5.74, 6) is -0.00983. The maximum Gasteiger partial charge on any atom is 0.326 e. The Kier molecular flexibility index (Phi) is 4.86. The Bertz CT molecular complexity index is 936. The molecule has 0 aliphatic heterocycles. The predicted molar refractivity (Wildman–Crippen MR) is 110 cm³/mol. The summed E-state index contributed by atoms with van der Waals surface area (Å²) in [5, 5.41) is 0. The average molecular weight is 386 g/mol. The molecule has 152 valence electrons. The van der Waals surface area contributed by atoms with E-state index in [1.165, 1.54) is 12.8 Å². The summed E-state index contributed by atoms with van der Waals surface area (Å²) in [4.78, 5) is 30.4. The van der Waals surface area contributed by atoms with Crippen LogP contribution in [-0.4, -0.2) is 46.2 Å². The first kappa shape index (κ1) is 19.2. The highest BCUT2D eigenvalue weighted by Gasteiger charge is 2.51. The van der Waals surface area contributed by atoms with Gasteiger partial charge in [-0.3, -0.25) is 9.36 Å². The Balaban J connectivity index is 1.57. The topological polar surface area (TPSA) is 67.3 Å². The number of amides is 1. The number of aromatic amines is 1. The second kappa shape index (κ2) is 7.07. The van der Waals surface area contributed by atoms with Crippen LogP contribution in [0.3, 0.4) is 0 Å². The average Bonchev–Trinajstić information content (AvgIpc) is 3.29. The molecule has 2 saturated carbocycles. The van der Waals surface area contributed by atoms with Crippen LogP contribution in [0.1, 0.15) is 69.3 Å². The number of nitrogens with one attached hydrogen (secondary N) is 1. The normalized spacial score (nSPS) is 24.4. The molecule has 1 amide bonds. The van der Waals surface area contributed by atoms with Crippen LogP contribution in [0.2, 0.25) is 0 Å². The first-order valence-corrected chi connectivity index (χ1v) is 10.5. The van der Waals surface area contributed by atoms with Crippen molar-refractivity contribution in [1.82, 2.24) is 14.5 Å². The lowest BCUT2D eigenvalue weighted by Crippen LogP contribution is -2.62. The number of nitrogens with zero attached hydrogens (tertiary/aromatic N) is 2. The summed E-state index contributed by atoms with van der Waals surface area (Å²) < 4.78 is 7.68. The first-order chi connectivity index (χ1) is 13.3. The van der Waals surface area contributed by atoms with E-state index in [0.717, 1.165) is 30.3 Å². The van der Waals surface area contributed by atoms with Gasteiger partial charge in [-0.15, -0.1) is 0 Å². The molecule has 1 heterocycles. The van der Waals surface area contributed by atoms with Crippen molar-refractivity contribution in [2.75, 3.05) is 13.7 Å². The SMILES string of the molecule is CCO[C@H]1C[C@H](N(C)C(=O)c2ccc3c(c2)[nH]c(=O)n3C2CCCC2)C1(C)C. The van der Waals surface area contributed by atoms with Gasteiger partial charge in [0, 0.05) is 36.7 Å². The van der Waals surface area contributed by atoms with E-state index in [9.17, 15) is 9.59 Å². The van der Waals surface area contributed by atoms with Crippen molar-refractivity contribution in [2.45, 2.75) is 71.1 Å². The summed E-state index contributed by atoms with van der Waals surface area (Å²) in [5.41, 5.74) is 2.13. The van der Waals surface area contributed by atoms with Gasteiger partial charge in [0.2, 0.25) is 0 Å². The molecular formula is C22H31N3O3. The molecule has 2 aliphatic carbocycles. The second-order valence-electron chi connectivity index (χ2n) is 8.90. The molecule has 6 heteroatoms. The standard InChI is InChI=1S/C22H31N3O3/c1-5-28-19-13-18(22(19,2)3)24(4)20(26)14-10-11-17-16(12-14)23-21(27)25(17)15-8-6-7-9-15/h10-12,15,18-19H,5-9,13H2,1-4H3,(H,23,27)/t18-,19-/m0/s1. The number of aromatic nitrogens is 2. The molecule has 1 N–H and O–H groups in total. The Morgan fingerprint density at radius 3 is 2.68 bits per heavy atom. The monoisotopic (exact) mass is 385 g/mol. The van der Waals surface area contributed by atoms with Crippen LogP contribution in [0.5, 0.6) is 0 Å².